The van der Waals surface area contributed by atoms with Gasteiger partial charge in [-0.05, 0) is 51.9 Å². The third kappa shape index (κ3) is 5.08. The summed E-state index contributed by atoms with van der Waals surface area (Å²) in [6.07, 6.45) is 0.825. The van der Waals surface area contributed by atoms with Crippen LogP contribution < -0.4 is 10.1 Å². The highest BCUT2D eigenvalue weighted by Gasteiger charge is 2.09. The van der Waals surface area contributed by atoms with Crippen molar-refractivity contribution >= 4 is 28.5 Å². The first-order valence-electron chi connectivity index (χ1n) is 8.51. The topological polar surface area (TPSA) is 38.3 Å². The van der Waals surface area contributed by atoms with Crippen LogP contribution in [0.3, 0.4) is 0 Å². The van der Waals surface area contributed by atoms with E-state index in [1.54, 1.807) is 0 Å². The molecule has 0 aliphatic carbocycles. The summed E-state index contributed by atoms with van der Waals surface area (Å²) in [5.41, 5.74) is 3.08. The van der Waals surface area contributed by atoms with Crippen molar-refractivity contribution in [2.45, 2.75) is 6.42 Å². The van der Waals surface area contributed by atoms with Crippen LogP contribution in [0.5, 0.6) is 5.75 Å². The molecule has 0 saturated heterocycles. The van der Waals surface area contributed by atoms with Crippen molar-refractivity contribution in [2.75, 3.05) is 13.2 Å². The maximum absolute atomic E-state index is 12.2. The summed E-state index contributed by atoms with van der Waals surface area (Å²) in [6, 6.07) is 25.9. The van der Waals surface area contributed by atoms with Crippen LogP contribution in [0.4, 0.5) is 0 Å². The number of benzene rings is 3. The summed E-state index contributed by atoms with van der Waals surface area (Å²) in [4.78, 5) is 12.2. The first-order chi connectivity index (χ1) is 12.7. The van der Waals surface area contributed by atoms with E-state index in [-0.39, 0.29) is 5.91 Å². The highest BCUT2D eigenvalue weighted by Crippen LogP contribution is 2.21. The minimum absolute atomic E-state index is 0.0730. The van der Waals surface area contributed by atoms with Crippen molar-refractivity contribution in [1.82, 2.24) is 5.32 Å². The quantitative estimate of drug-likeness (QED) is 0.413. The molecule has 0 fully saturated rings. The number of halogens is 1. The molecule has 3 nitrogen and oxygen atoms in total. The number of amides is 1. The second-order valence-corrected chi connectivity index (χ2v) is 7.02. The number of carbonyl (C=O) groups excluding carboxylic acids is 1. The molecule has 3 rings (SSSR count). The summed E-state index contributed by atoms with van der Waals surface area (Å²) in [6.45, 7) is 0.893. The summed E-state index contributed by atoms with van der Waals surface area (Å²) >= 11 is 2.17. The molecule has 0 unspecified atom stereocenters. The fourth-order valence-corrected chi connectivity index (χ4v) is 3.30. The molecule has 0 bridgehead atoms. The standard InChI is InChI=1S/C22H20INO2/c23-20-12-6-5-11-19(20)22(25)24-14-15-26-21-13-7-4-10-18(21)16-17-8-2-1-3-9-17/h1-13H,14-16H2,(H,24,25). The van der Waals surface area contributed by atoms with Crippen LogP contribution in [-0.2, 0) is 6.42 Å². The van der Waals surface area contributed by atoms with E-state index in [9.17, 15) is 4.79 Å². The van der Waals surface area contributed by atoms with Gasteiger partial charge in [0.25, 0.3) is 5.91 Å². The number of hydrogen-bond acceptors (Lipinski definition) is 2. The van der Waals surface area contributed by atoms with Crippen molar-refractivity contribution in [1.29, 1.82) is 0 Å². The zero-order valence-corrected chi connectivity index (χ0v) is 16.5. The van der Waals surface area contributed by atoms with Gasteiger partial charge in [-0.3, -0.25) is 4.79 Å². The number of carbonyl (C=O) groups is 1. The van der Waals surface area contributed by atoms with Gasteiger partial charge in [0.05, 0.1) is 12.1 Å². The lowest BCUT2D eigenvalue weighted by Crippen LogP contribution is -2.28. The highest BCUT2D eigenvalue weighted by atomic mass is 127. The van der Waals surface area contributed by atoms with Crippen LogP contribution in [0.15, 0.2) is 78.9 Å². The van der Waals surface area contributed by atoms with Crippen LogP contribution in [0.2, 0.25) is 0 Å². The van der Waals surface area contributed by atoms with Crippen LogP contribution in [0.25, 0.3) is 0 Å². The van der Waals surface area contributed by atoms with Gasteiger partial charge in [0.15, 0.2) is 0 Å². The smallest absolute Gasteiger partial charge is 0.252 e. The van der Waals surface area contributed by atoms with E-state index in [2.05, 4.69) is 46.1 Å². The fourth-order valence-electron chi connectivity index (χ4n) is 2.67. The number of para-hydroxylation sites is 1. The van der Waals surface area contributed by atoms with Crippen LogP contribution >= 0.6 is 22.6 Å². The normalized spacial score (nSPS) is 10.3. The lowest BCUT2D eigenvalue weighted by Gasteiger charge is -2.12. The largest absolute Gasteiger partial charge is 0.491 e. The van der Waals surface area contributed by atoms with Gasteiger partial charge in [0, 0.05) is 9.99 Å². The third-order valence-electron chi connectivity index (χ3n) is 3.97. The van der Waals surface area contributed by atoms with Crippen LogP contribution in [0.1, 0.15) is 21.5 Å². The Kier molecular flexibility index (Phi) is 6.66. The Hall–Kier alpha value is -2.34. The van der Waals surface area contributed by atoms with E-state index in [4.69, 9.17) is 4.74 Å². The van der Waals surface area contributed by atoms with E-state index in [0.717, 1.165) is 21.3 Å². The molecule has 0 spiro atoms. The SMILES string of the molecule is O=C(NCCOc1ccccc1Cc1ccccc1)c1ccccc1I. The predicted octanol–water partition coefficient (Wildman–Crippen LogP) is 4.69. The Bertz CT molecular complexity index is 865. The Morgan fingerprint density at radius 2 is 1.58 bits per heavy atom. The van der Waals surface area contributed by atoms with Crippen molar-refractivity contribution < 1.29 is 9.53 Å². The first kappa shape index (κ1) is 18.5. The number of ether oxygens (including phenoxy) is 1. The Balaban J connectivity index is 1.54. The van der Waals surface area contributed by atoms with Crippen LogP contribution in [0, 0.1) is 3.57 Å². The number of nitrogens with one attached hydrogen (secondary N) is 1. The number of hydrogen-bond donors (Lipinski definition) is 1. The fraction of sp³-hybridized carbons (Fsp3) is 0.136. The molecule has 1 amide bonds. The average Bonchev–Trinajstić information content (AvgIpc) is 2.67. The summed E-state index contributed by atoms with van der Waals surface area (Å²) < 4.78 is 6.85. The van der Waals surface area contributed by atoms with E-state index < -0.39 is 0 Å². The van der Waals surface area contributed by atoms with Crippen molar-refractivity contribution in [2.24, 2.45) is 0 Å². The van der Waals surface area contributed by atoms with E-state index in [1.165, 1.54) is 5.56 Å². The maximum atomic E-state index is 12.2. The van der Waals surface area contributed by atoms with Gasteiger partial charge in [0.1, 0.15) is 12.4 Å². The van der Waals surface area contributed by atoms with E-state index >= 15 is 0 Å². The van der Waals surface area contributed by atoms with Crippen molar-refractivity contribution in [3.05, 3.63) is 99.1 Å². The molecule has 3 aromatic rings. The molecule has 0 aromatic heterocycles. The van der Waals surface area contributed by atoms with Gasteiger partial charge in [-0.2, -0.15) is 0 Å². The second-order valence-electron chi connectivity index (χ2n) is 5.85. The second kappa shape index (κ2) is 9.38. The van der Waals surface area contributed by atoms with Gasteiger partial charge < -0.3 is 10.1 Å². The lowest BCUT2D eigenvalue weighted by molar-refractivity contribution is 0.0946. The van der Waals surface area contributed by atoms with E-state index in [1.807, 2.05) is 60.7 Å². The van der Waals surface area contributed by atoms with Gasteiger partial charge >= 0.3 is 0 Å². The molecule has 1 N–H and O–H groups in total. The molecule has 0 saturated carbocycles. The van der Waals surface area contributed by atoms with Gasteiger partial charge in [-0.25, -0.2) is 0 Å². The van der Waals surface area contributed by atoms with Gasteiger partial charge in [0.2, 0.25) is 0 Å². The number of rotatable bonds is 7. The molecular weight excluding hydrogens is 437 g/mol. The Morgan fingerprint density at radius 1 is 0.885 bits per heavy atom. The molecule has 3 aromatic carbocycles. The molecule has 0 heterocycles. The van der Waals surface area contributed by atoms with Crippen molar-refractivity contribution in [3.8, 4) is 5.75 Å². The zero-order chi connectivity index (χ0) is 18.2. The Morgan fingerprint density at radius 3 is 2.38 bits per heavy atom. The lowest BCUT2D eigenvalue weighted by atomic mass is 10.0. The van der Waals surface area contributed by atoms with Gasteiger partial charge in [-0.1, -0.05) is 60.7 Å². The zero-order valence-electron chi connectivity index (χ0n) is 14.3. The highest BCUT2D eigenvalue weighted by molar-refractivity contribution is 14.1. The molecule has 26 heavy (non-hydrogen) atoms. The van der Waals surface area contributed by atoms with Gasteiger partial charge in [-0.15, -0.1) is 0 Å². The third-order valence-corrected chi connectivity index (χ3v) is 4.91. The molecule has 0 aliphatic heterocycles. The minimum atomic E-state index is -0.0730. The van der Waals surface area contributed by atoms with E-state index in [0.29, 0.717) is 18.7 Å². The molecule has 0 atom stereocenters. The van der Waals surface area contributed by atoms with Crippen LogP contribution in [-0.4, -0.2) is 19.1 Å². The molecule has 4 heteroatoms. The maximum Gasteiger partial charge on any atom is 0.252 e. The monoisotopic (exact) mass is 457 g/mol. The Labute approximate surface area is 167 Å². The summed E-state index contributed by atoms with van der Waals surface area (Å²) in [5, 5.41) is 2.91. The van der Waals surface area contributed by atoms with Crippen molar-refractivity contribution in [3.63, 3.8) is 0 Å². The molecule has 132 valence electrons. The first-order valence-corrected chi connectivity index (χ1v) is 9.59. The minimum Gasteiger partial charge on any atom is -0.491 e. The molecule has 0 radical (unpaired) electrons. The summed E-state index contributed by atoms with van der Waals surface area (Å²) in [7, 11) is 0. The molecule has 0 aliphatic rings. The average molecular weight is 457 g/mol. The predicted molar refractivity (Wildman–Crippen MR) is 113 cm³/mol. The molecular formula is C22H20INO2. The summed E-state index contributed by atoms with van der Waals surface area (Å²) in [5.74, 6) is 0.788.